The lowest BCUT2D eigenvalue weighted by Gasteiger charge is -2.60. The number of aliphatic hydroxyl groups excluding tert-OH is 1. The van der Waals surface area contributed by atoms with Crippen molar-refractivity contribution in [2.45, 2.75) is 139 Å². The van der Waals surface area contributed by atoms with E-state index in [4.69, 9.17) is 27.8 Å². The third-order valence-corrected chi connectivity index (χ3v) is 13.7. The minimum atomic E-state index is -2.55. The van der Waals surface area contributed by atoms with Gasteiger partial charge in [0.1, 0.15) is 17.8 Å². The van der Waals surface area contributed by atoms with Crippen molar-refractivity contribution in [3.8, 4) is 0 Å². The first-order valence-electron chi connectivity index (χ1n) is 12.3. The smallest absolute Gasteiger partial charge is 0.349 e. The van der Waals surface area contributed by atoms with Gasteiger partial charge in [-0.2, -0.15) is 0 Å². The zero-order valence-electron chi connectivity index (χ0n) is 21.0. The summed E-state index contributed by atoms with van der Waals surface area (Å²) in [5, 5.41) is 10.8. The van der Waals surface area contributed by atoms with Crippen LogP contribution in [0.3, 0.4) is 0 Å². The van der Waals surface area contributed by atoms with Crippen LogP contribution in [-0.4, -0.2) is 80.8 Å². The van der Waals surface area contributed by atoms with Gasteiger partial charge in [-0.25, -0.2) is 0 Å². The number of hydrogen-bond acceptors (Lipinski definition) is 7. The lowest BCUT2D eigenvalue weighted by molar-refractivity contribution is -0.338. The second-order valence-electron chi connectivity index (χ2n) is 13.1. The van der Waals surface area contributed by atoms with Crippen LogP contribution in [0.1, 0.15) is 74.7 Å². The lowest BCUT2D eigenvalue weighted by atomic mass is 9.75. The van der Waals surface area contributed by atoms with E-state index in [9.17, 15) is 5.11 Å². The van der Waals surface area contributed by atoms with Crippen molar-refractivity contribution >= 4 is 8.56 Å². The molecule has 0 amide bonds. The van der Waals surface area contributed by atoms with E-state index >= 15 is 0 Å². The molecule has 0 aliphatic carbocycles. The number of aliphatic hydroxyl groups is 1. The Kier molecular flexibility index (Phi) is 5.35. The highest BCUT2D eigenvalue weighted by molar-refractivity contribution is 6.73. The fourth-order valence-corrected chi connectivity index (χ4v) is 11.8. The van der Waals surface area contributed by atoms with E-state index in [-0.39, 0.29) is 46.7 Å². The van der Waals surface area contributed by atoms with E-state index < -0.39 is 25.9 Å². The van der Waals surface area contributed by atoms with E-state index in [1.165, 1.54) is 0 Å². The molecule has 5 aliphatic rings. The monoisotopic (exact) mass is 470 g/mol. The number of fused-ring (bicyclic) bond motifs is 3. The van der Waals surface area contributed by atoms with Gasteiger partial charge in [-0.05, 0) is 13.8 Å². The molecule has 0 unspecified atom stereocenters. The van der Waals surface area contributed by atoms with Crippen LogP contribution in [0.4, 0.5) is 0 Å². The summed E-state index contributed by atoms with van der Waals surface area (Å²) in [6.07, 6.45) is 1.03. The summed E-state index contributed by atoms with van der Waals surface area (Å²) in [5.41, 5.74) is -1.21. The zero-order valence-corrected chi connectivity index (χ0v) is 22.0. The van der Waals surface area contributed by atoms with E-state index in [1.807, 2.05) is 6.92 Å². The maximum atomic E-state index is 10.9. The predicted octanol–water partition coefficient (Wildman–Crippen LogP) is 3.46. The van der Waals surface area contributed by atoms with Crippen LogP contribution in [0.15, 0.2) is 0 Å². The van der Waals surface area contributed by atoms with Gasteiger partial charge in [0, 0.05) is 29.3 Å². The Bertz CT molecular complexity index is 730. The summed E-state index contributed by atoms with van der Waals surface area (Å²) in [4.78, 5) is 0. The molecule has 0 bridgehead atoms. The average Bonchev–Trinajstić information content (AvgIpc) is 3.49. The molecule has 5 heterocycles. The molecule has 1 N–H and O–H groups in total. The molecule has 5 fully saturated rings. The largest absolute Gasteiger partial charge is 0.391 e. The molecule has 0 aromatic heterocycles. The van der Waals surface area contributed by atoms with Gasteiger partial charge in [0.25, 0.3) is 0 Å². The minimum Gasteiger partial charge on any atom is -0.391 e. The lowest BCUT2D eigenvalue weighted by Crippen LogP contribution is -2.71. The topological polar surface area (TPSA) is 78.9 Å². The van der Waals surface area contributed by atoms with E-state index in [2.05, 4.69) is 48.5 Å². The number of ether oxygens (including phenoxy) is 4. The van der Waals surface area contributed by atoms with Gasteiger partial charge in [0.2, 0.25) is 0 Å². The van der Waals surface area contributed by atoms with Crippen molar-refractivity contribution in [3.63, 3.8) is 0 Å². The molecule has 0 saturated carbocycles. The summed E-state index contributed by atoms with van der Waals surface area (Å²) >= 11 is 0. The maximum Gasteiger partial charge on any atom is 0.349 e. The van der Waals surface area contributed by atoms with E-state index in [0.717, 1.165) is 12.8 Å². The Morgan fingerprint density at radius 1 is 0.812 bits per heavy atom. The van der Waals surface area contributed by atoms with Gasteiger partial charge in [0.05, 0.1) is 49.3 Å². The first kappa shape index (κ1) is 23.7. The maximum absolute atomic E-state index is 10.9. The summed E-state index contributed by atoms with van der Waals surface area (Å²) in [6.45, 7) is 18.7. The molecule has 184 valence electrons. The molecule has 8 heteroatoms. The third-order valence-electron chi connectivity index (χ3n) is 8.54. The molecule has 32 heavy (non-hydrogen) atoms. The molecule has 9 atom stereocenters. The summed E-state index contributed by atoms with van der Waals surface area (Å²) in [7, 11) is -2.55. The number of epoxide rings is 1. The first-order chi connectivity index (χ1) is 14.7. The Labute approximate surface area is 193 Å². The van der Waals surface area contributed by atoms with Crippen LogP contribution in [0, 0.1) is 0 Å². The van der Waals surface area contributed by atoms with Crippen molar-refractivity contribution in [1.82, 2.24) is 0 Å². The predicted molar refractivity (Wildman–Crippen MR) is 121 cm³/mol. The van der Waals surface area contributed by atoms with Crippen molar-refractivity contribution < 1.29 is 32.9 Å². The Hall–Kier alpha value is -0.0631. The van der Waals surface area contributed by atoms with Gasteiger partial charge in [-0.15, -0.1) is 0 Å². The van der Waals surface area contributed by atoms with Crippen LogP contribution < -0.4 is 0 Å². The van der Waals surface area contributed by atoms with Crippen LogP contribution in [0.2, 0.25) is 10.1 Å². The van der Waals surface area contributed by atoms with Crippen LogP contribution in [-0.2, 0) is 27.8 Å². The molecular formula is C24H42O7Si. The standard InChI is InChI=1S/C24H42O7Si/c1-21(2,3)32(22(4,5)6)27-12-17-15(30-32)9-14-16(28-17)11-23(7)19(29-14)10-18(25)24(8,31-23)20-13-26-20/h14-20,25H,9-13H2,1-8H3/t14-,15+,16+,17-,18-,19+,20-,23-,24-/m1/s1. The van der Waals surface area contributed by atoms with Gasteiger partial charge in [-0.3, -0.25) is 0 Å². The van der Waals surface area contributed by atoms with Crippen LogP contribution in [0.25, 0.3) is 0 Å². The zero-order chi connectivity index (χ0) is 23.3. The molecule has 7 nitrogen and oxygen atoms in total. The Morgan fingerprint density at radius 2 is 1.47 bits per heavy atom. The highest BCUT2D eigenvalue weighted by atomic mass is 28.4. The molecule has 0 spiro atoms. The molecule has 5 aliphatic heterocycles. The van der Waals surface area contributed by atoms with Crippen molar-refractivity contribution in [3.05, 3.63) is 0 Å². The second kappa shape index (κ2) is 7.23. The van der Waals surface area contributed by atoms with Crippen molar-refractivity contribution in [2.75, 3.05) is 13.2 Å². The average molecular weight is 471 g/mol. The van der Waals surface area contributed by atoms with Gasteiger partial charge >= 0.3 is 8.56 Å². The van der Waals surface area contributed by atoms with Gasteiger partial charge < -0.3 is 32.9 Å². The minimum absolute atomic E-state index is 0.0287. The molecular weight excluding hydrogens is 428 g/mol. The van der Waals surface area contributed by atoms with Crippen molar-refractivity contribution in [1.29, 1.82) is 0 Å². The summed E-state index contributed by atoms with van der Waals surface area (Å²) in [5.74, 6) is 0. The van der Waals surface area contributed by atoms with Crippen LogP contribution in [0.5, 0.6) is 0 Å². The summed E-state index contributed by atoms with van der Waals surface area (Å²) in [6, 6.07) is 0. The second-order valence-corrected chi connectivity index (χ2v) is 17.8. The summed E-state index contributed by atoms with van der Waals surface area (Å²) < 4.78 is 38.8. The van der Waals surface area contributed by atoms with Gasteiger partial charge in [-0.1, -0.05) is 41.5 Å². The van der Waals surface area contributed by atoms with E-state index in [1.54, 1.807) is 0 Å². The Morgan fingerprint density at radius 3 is 2.06 bits per heavy atom. The normalized spacial score (nSPS) is 50.7. The van der Waals surface area contributed by atoms with Gasteiger partial charge in [0.15, 0.2) is 0 Å². The molecule has 0 aromatic carbocycles. The highest BCUT2D eigenvalue weighted by Crippen LogP contribution is 2.56. The fraction of sp³-hybridized carbons (Fsp3) is 1.00. The number of rotatable bonds is 1. The number of hydrogen-bond donors (Lipinski definition) is 1. The molecule has 5 saturated heterocycles. The van der Waals surface area contributed by atoms with E-state index in [0.29, 0.717) is 19.6 Å². The third kappa shape index (κ3) is 3.47. The fourth-order valence-electron chi connectivity index (χ4n) is 6.85. The van der Waals surface area contributed by atoms with Crippen molar-refractivity contribution in [2.24, 2.45) is 0 Å². The Balaban J connectivity index is 1.34. The van der Waals surface area contributed by atoms with Crippen LogP contribution >= 0.6 is 0 Å². The quantitative estimate of drug-likeness (QED) is 0.464. The molecule has 0 aromatic rings. The molecule has 0 radical (unpaired) electrons. The first-order valence-corrected chi connectivity index (χ1v) is 14.1. The SMILES string of the molecule is CC(C)(C)[Si]1(C(C)(C)C)OC[C@H]2O[C@H]3C[C@@]4(C)O[C@@](C)([C@H]5CO5)[C@H](O)C[C@@H]4O[C@@H]3C[C@@H]2O1. The highest BCUT2D eigenvalue weighted by Gasteiger charge is 2.65. The molecule has 5 rings (SSSR count).